The zero-order valence-electron chi connectivity index (χ0n) is 9.65. The standard InChI is InChI=1S/C12H11ClFN3O/c1-2-17(9-5-3-4-8(14)6-9)11-10(13)12(18)16-7-15-11/h3-7H,2H2,1H3,(H,15,16,18). The van der Waals surface area contributed by atoms with Gasteiger partial charge in [-0.2, -0.15) is 0 Å². The third kappa shape index (κ3) is 2.36. The fraction of sp³-hybridized carbons (Fsp3) is 0.167. The van der Waals surface area contributed by atoms with Crippen molar-refractivity contribution >= 4 is 23.1 Å². The number of halogens is 2. The molecule has 0 fully saturated rings. The summed E-state index contributed by atoms with van der Waals surface area (Å²) in [5.74, 6) is -0.0413. The summed E-state index contributed by atoms with van der Waals surface area (Å²) in [6.07, 6.45) is 1.27. The minimum absolute atomic E-state index is 0.0105. The van der Waals surface area contributed by atoms with Crippen LogP contribution in [0.2, 0.25) is 5.02 Å². The average Bonchev–Trinajstić information content (AvgIpc) is 2.35. The molecule has 0 saturated carbocycles. The Morgan fingerprint density at radius 1 is 1.50 bits per heavy atom. The van der Waals surface area contributed by atoms with Gasteiger partial charge < -0.3 is 9.88 Å². The number of benzene rings is 1. The van der Waals surface area contributed by atoms with E-state index in [9.17, 15) is 9.18 Å². The van der Waals surface area contributed by atoms with Crippen LogP contribution in [0.4, 0.5) is 15.9 Å². The molecule has 2 rings (SSSR count). The van der Waals surface area contributed by atoms with E-state index in [-0.39, 0.29) is 10.8 Å². The Hall–Kier alpha value is -1.88. The van der Waals surface area contributed by atoms with Gasteiger partial charge in [0.05, 0.1) is 6.33 Å². The topological polar surface area (TPSA) is 49.0 Å². The monoisotopic (exact) mass is 267 g/mol. The lowest BCUT2D eigenvalue weighted by atomic mass is 10.2. The van der Waals surface area contributed by atoms with Gasteiger partial charge in [-0.05, 0) is 25.1 Å². The maximum Gasteiger partial charge on any atom is 0.271 e. The van der Waals surface area contributed by atoms with Crippen molar-refractivity contribution < 1.29 is 4.39 Å². The Balaban J connectivity index is 2.52. The molecule has 94 valence electrons. The van der Waals surface area contributed by atoms with Gasteiger partial charge in [0.2, 0.25) is 0 Å². The summed E-state index contributed by atoms with van der Waals surface area (Å²) < 4.78 is 13.2. The SMILES string of the molecule is CCN(c1cccc(F)c1)c1nc[nH]c(=O)c1Cl. The van der Waals surface area contributed by atoms with E-state index in [1.54, 1.807) is 17.0 Å². The lowest BCUT2D eigenvalue weighted by Crippen LogP contribution is -2.21. The van der Waals surface area contributed by atoms with Crippen LogP contribution in [-0.4, -0.2) is 16.5 Å². The summed E-state index contributed by atoms with van der Waals surface area (Å²) in [4.78, 5) is 19.5. The fourth-order valence-electron chi connectivity index (χ4n) is 1.66. The van der Waals surface area contributed by atoms with Crippen molar-refractivity contribution in [1.82, 2.24) is 9.97 Å². The molecule has 18 heavy (non-hydrogen) atoms. The molecule has 6 heteroatoms. The number of hydrogen-bond donors (Lipinski definition) is 1. The van der Waals surface area contributed by atoms with E-state index in [2.05, 4.69) is 9.97 Å². The Bertz CT molecular complexity index is 614. The van der Waals surface area contributed by atoms with Gasteiger partial charge in [-0.25, -0.2) is 9.37 Å². The molecule has 1 aromatic carbocycles. The summed E-state index contributed by atoms with van der Waals surface area (Å²) in [6.45, 7) is 2.38. The number of aromatic amines is 1. The van der Waals surface area contributed by atoms with Crippen LogP contribution in [0.1, 0.15) is 6.92 Å². The second-order valence-corrected chi connectivity index (χ2v) is 3.97. The molecule has 0 aliphatic rings. The van der Waals surface area contributed by atoms with Crippen LogP contribution in [0.3, 0.4) is 0 Å². The normalized spacial score (nSPS) is 10.4. The first-order chi connectivity index (χ1) is 8.63. The highest BCUT2D eigenvalue weighted by molar-refractivity contribution is 6.32. The van der Waals surface area contributed by atoms with E-state index in [0.29, 0.717) is 18.1 Å². The third-order valence-corrected chi connectivity index (χ3v) is 2.81. The van der Waals surface area contributed by atoms with Crippen molar-refractivity contribution in [2.24, 2.45) is 0 Å². The van der Waals surface area contributed by atoms with Gasteiger partial charge in [-0.1, -0.05) is 17.7 Å². The molecule has 0 spiro atoms. The van der Waals surface area contributed by atoms with Crippen LogP contribution in [0.15, 0.2) is 35.4 Å². The van der Waals surface area contributed by atoms with Crippen LogP contribution in [0.5, 0.6) is 0 Å². The number of nitrogens with one attached hydrogen (secondary N) is 1. The summed E-state index contributed by atoms with van der Waals surface area (Å²) in [7, 11) is 0. The van der Waals surface area contributed by atoms with Gasteiger partial charge in [0, 0.05) is 12.2 Å². The molecule has 0 bridgehead atoms. The highest BCUT2D eigenvalue weighted by Gasteiger charge is 2.15. The third-order valence-electron chi connectivity index (χ3n) is 2.47. The first-order valence-corrected chi connectivity index (χ1v) is 5.77. The molecule has 0 amide bonds. The molecule has 0 atom stereocenters. The molecule has 1 aromatic heterocycles. The minimum atomic E-state index is -0.420. The lowest BCUT2D eigenvalue weighted by molar-refractivity contribution is 0.627. The zero-order valence-corrected chi connectivity index (χ0v) is 10.4. The number of H-pyrrole nitrogens is 1. The highest BCUT2D eigenvalue weighted by atomic mass is 35.5. The summed E-state index contributed by atoms with van der Waals surface area (Å²) in [6, 6.07) is 6.03. The van der Waals surface area contributed by atoms with Gasteiger partial charge in [0.1, 0.15) is 10.8 Å². The number of hydrogen-bond acceptors (Lipinski definition) is 3. The predicted molar refractivity (Wildman–Crippen MR) is 68.9 cm³/mol. The fourth-order valence-corrected chi connectivity index (χ4v) is 1.87. The molecule has 0 unspecified atom stereocenters. The minimum Gasteiger partial charge on any atom is -0.325 e. The van der Waals surface area contributed by atoms with Crippen LogP contribution < -0.4 is 10.5 Å². The largest absolute Gasteiger partial charge is 0.325 e. The molecule has 0 radical (unpaired) electrons. The molecule has 2 aromatic rings. The quantitative estimate of drug-likeness (QED) is 0.930. The first kappa shape index (κ1) is 12.6. The van der Waals surface area contributed by atoms with Gasteiger partial charge in [0.15, 0.2) is 5.82 Å². The predicted octanol–water partition coefficient (Wildman–Crippen LogP) is 2.72. The first-order valence-electron chi connectivity index (χ1n) is 5.39. The number of aromatic nitrogens is 2. The van der Waals surface area contributed by atoms with Crippen molar-refractivity contribution in [2.45, 2.75) is 6.92 Å². The van der Waals surface area contributed by atoms with Gasteiger partial charge in [-0.3, -0.25) is 4.79 Å². The summed E-state index contributed by atoms with van der Waals surface area (Å²) in [5, 5.41) is -0.0105. The van der Waals surface area contributed by atoms with Crippen molar-refractivity contribution in [3.63, 3.8) is 0 Å². The van der Waals surface area contributed by atoms with E-state index < -0.39 is 5.56 Å². The second kappa shape index (κ2) is 5.18. The Morgan fingerprint density at radius 3 is 2.94 bits per heavy atom. The smallest absolute Gasteiger partial charge is 0.271 e. The van der Waals surface area contributed by atoms with Gasteiger partial charge in [-0.15, -0.1) is 0 Å². The highest BCUT2D eigenvalue weighted by Crippen LogP contribution is 2.27. The maximum atomic E-state index is 13.2. The van der Waals surface area contributed by atoms with Gasteiger partial charge >= 0.3 is 0 Å². The lowest BCUT2D eigenvalue weighted by Gasteiger charge is -2.22. The molecule has 1 N–H and O–H groups in total. The maximum absolute atomic E-state index is 13.2. The molecule has 1 heterocycles. The van der Waals surface area contributed by atoms with Gasteiger partial charge in [0.25, 0.3) is 5.56 Å². The summed E-state index contributed by atoms with van der Waals surface area (Å²) >= 11 is 5.91. The number of nitrogens with zero attached hydrogens (tertiary/aromatic N) is 2. The van der Waals surface area contributed by atoms with E-state index >= 15 is 0 Å². The van der Waals surface area contributed by atoms with Crippen molar-refractivity contribution in [3.8, 4) is 0 Å². The molecular weight excluding hydrogens is 257 g/mol. The second-order valence-electron chi connectivity index (χ2n) is 3.59. The van der Waals surface area contributed by atoms with E-state index in [4.69, 9.17) is 11.6 Å². The van der Waals surface area contributed by atoms with Crippen molar-refractivity contribution in [3.05, 3.63) is 51.8 Å². The summed E-state index contributed by atoms with van der Waals surface area (Å²) in [5.41, 5.74) is 0.175. The van der Waals surface area contributed by atoms with Crippen LogP contribution in [-0.2, 0) is 0 Å². The average molecular weight is 268 g/mol. The number of anilines is 2. The van der Waals surface area contributed by atoms with Crippen molar-refractivity contribution in [2.75, 3.05) is 11.4 Å². The molecule has 4 nitrogen and oxygen atoms in total. The zero-order chi connectivity index (χ0) is 13.1. The molecular formula is C12H11ClFN3O. The number of rotatable bonds is 3. The molecule has 0 aliphatic heterocycles. The molecule has 0 aliphatic carbocycles. The van der Waals surface area contributed by atoms with E-state index in [1.807, 2.05) is 6.92 Å². The molecule has 0 saturated heterocycles. The Labute approximate surface area is 108 Å². The van der Waals surface area contributed by atoms with Crippen LogP contribution in [0, 0.1) is 5.82 Å². The Kier molecular flexibility index (Phi) is 3.62. The Morgan fingerprint density at radius 2 is 2.28 bits per heavy atom. The van der Waals surface area contributed by atoms with Crippen molar-refractivity contribution in [1.29, 1.82) is 0 Å². The van der Waals surface area contributed by atoms with Crippen LogP contribution >= 0.6 is 11.6 Å². The van der Waals surface area contributed by atoms with E-state index in [1.165, 1.54) is 18.5 Å². The van der Waals surface area contributed by atoms with Crippen LogP contribution in [0.25, 0.3) is 0 Å². The van der Waals surface area contributed by atoms with E-state index in [0.717, 1.165) is 0 Å².